The molecule has 84 valence electrons. The summed E-state index contributed by atoms with van der Waals surface area (Å²) >= 11 is 0. The van der Waals surface area contributed by atoms with Crippen LogP contribution >= 0.6 is 0 Å². The molecule has 0 aliphatic heterocycles. The zero-order chi connectivity index (χ0) is 12.0. The molecule has 0 spiro atoms. The Balaban J connectivity index is 2.86. The van der Waals surface area contributed by atoms with E-state index < -0.39 is 19.2 Å². The highest BCUT2D eigenvalue weighted by Gasteiger charge is 2.16. The number of nitrogens with zero attached hydrogens (tertiary/aromatic N) is 1. The Morgan fingerprint density at radius 2 is 2.12 bits per heavy atom. The van der Waals surface area contributed by atoms with Crippen molar-refractivity contribution in [3.05, 3.63) is 29.8 Å². The van der Waals surface area contributed by atoms with E-state index in [1.54, 1.807) is 6.07 Å². The van der Waals surface area contributed by atoms with Crippen molar-refractivity contribution < 1.29 is 23.0 Å². The molecule has 0 aliphatic rings. The monoisotopic (exact) mass is 227 g/mol. The highest BCUT2D eigenvalue weighted by atomic mass is 19.3. The third kappa shape index (κ3) is 3.20. The van der Waals surface area contributed by atoms with Gasteiger partial charge in [-0.15, -0.1) is 0 Å². The van der Waals surface area contributed by atoms with Crippen LogP contribution in [0.4, 0.5) is 8.78 Å². The molecule has 16 heavy (non-hydrogen) atoms. The Kier molecular flexibility index (Phi) is 4.21. The first-order chi connectivity index (χ1) is 7.65. The number of halogens is 2. The number of carbonyl (C=O) groups is 1. The van der Waals surface area contributed by atoms with E-state index in [-0.39, 0.29) is 11.3 Å². The van der Waals surface area contributed by atoms with Crippen molar-refractivity contribution in [3.63, 3.8) is 0 Å². The molecule has 0 amide bonds. The summed E-state index contributed by atoms with van der Waals surface area (Å²) in [5.74, 6) is -1.15. The van der Waals surface area contributed by atoms with Crippen molar-refractivity contribution in [2.75, 3.05) is 6.61 Å². The number of ether oxygens (including phenoxy) is 2. The van der Waals surface area contributed by atoms with Gasteiger partial charge >= 0.3 is 12.6 Å². The van der Waals surface area contributed by atoms with Gasteiger partial charge in [0.25, 0.3) is 0 Å². The van der Waals surface area contributed by atoms with Gasteiger partial charge in [0.2, 0.25) is 0 Å². The molecule has 1 aromatic rings. The highest BCUT2D eigenvalue weighted by Crippen LogP contribution is 2.20. The molecule has 0 saturated heterocycles. The highest BCUT2D eigenvalue weighted by molar-refractivity contribution is 5.92. The molecular weight excluding hydrogens is 220 g/mol. The Morgan fingerprint density at radius 1 is 1.44 bits per heavy atom. The molecule has 1 rings (SSSR count). The van der Waals surface area contributed by atoms with E-state index >= 15 is 0 Å². The summed E-state index contributed by atoms with van der Waals surface area (Å²) in [7, 11) is 0. The predicted molar refractivity (Wildman–Crippen MR) is 49.0 cm³/mol. The molecule has 0 aliphatic carbocycles. The summed E-state index contributed by atoms with van der Waals surface area (Å²) in [6.07, 6.45) is 0. The third-order valence-corrected chi connectivity index (χ3v) is 1.59. The lowest BCUT2D eigenvalue weighted by Gasteiger charge is -2.08. The predicted octanol–water partition coefficient (Wildman–Crippen LogP) is 1.97. The first-order valence-electron chi connectivity index (χ1n) is 4.23. The van der Waals surface area contributed by atoms with Crippen LogP contribution in [-0.2, 0) is 4.74 Å². The normalized spacial score (nSPS) is 9.62. The molecule has 1 aromatic carbocycles. The maximum Gasteiger partial charge on any atom is 0.387 e. The van der Waals surface area contributed by atoms with E-state index in [9.17, 15) is 13.6 Å². The molecule has 0 radical (unpaired) electrons. The van der Waals surface area contributed by atoms with Crippen molar-refractivity contribution in [1.29, 1.82) is 5.26 Å². The van der Waals surface area contributed by atoms with Crippen molar-refractivity contribution in [1.82, 2.24) is 0 Å². The SMILES string of the molecule is N#CCOC(=O)c1ccccc1OC(F)F. The maximum absolute atomic E-state index is 12.0. The zero-order valence-corrected chi connectivity index (χ0v) is 8.02. The average molecular weight is 227 g/mol. The molecule has 0 aromatic heterocycles. The van der Waals surface area contributed by atoms with Crippen molar-refractivity contribution in [3.8, 4) is 11.8 Å². The van der Waals surface area contributed by atoms with Crippen LogP contribution in [0.15, 0.2) is 24.3 Å². The average Bonchev–Trinajstić information content (AvgIpc) is 2.26. The topological polar surface area (TPSA) is 59.3 Å². The zero-order valence-electron chi connectivity index (χ0n) is 8.02. The van der Waals surface area contributed by atoms with Crippen molar-refractivity contribution in [2.24, 2.45) is 0 Å². The second kappa shape index (κ2) is 5.66. The van der Waals surface area contributed by atoms with Crippen LogP contribution in [0.1, 0.15) is 10.4 Å². The summed E-state index contributed by atoms with van der Waals surface area (Å²) in [6, 6.07) is 7.01. The lowest BCUT2D eigenvalue weighted by molar-refractivity contribution is -0.0504. The largest absolute Gasteiger partial charge is 0.447 e. The maximum atomic E-state index is 12.0. The minimum Gasteiger partial charge on any atom is -0.447 e. The molecule has 6 heteroatoms. The number of esters is 1. The Labute approximate surface area is 90.0 Å². The Hall–Kier alpha value is -2.16. The van der Waals surface area contributed by atoms with Gasteiger partial charge in [-0.25, -0.2) is 4.79 Å². The van der Waals surface area contributed by atoms with Crippen LogP contribution in [-0.4, -0.2) is 19.2 Å². The first kappa shape index (κ1) is 11.9. The second-order valence-electron chi connectivity index (χ2n) is 2.61. The summed E-state index contributed by atoms with van der Waals surface area (Å²) < 4.78 is 32.6. The minimum absolute atomic E-state index is 0.141. The van der Waals surface area contributed by atoms with Gasteiger partial charge in [0.05, 0.1) is 0 Å². The Bertz CT molecular complexity index is 415. The van der Waals surface area contributed by atoms with E-state index in [0.29, 0.717) is 0 Å². The minimum atomic E-state index is -3.02. The van der Waals surface area contributed by atoms with Crippen LogP contribution in [0, 0.1) is 11.3 Å². The van der Waals surface area contributed by atoms with Gasteiger partial charge in [0.1, 0.15) is 17.4 Å². The molecule has 0 N–H and O–H groups in total. The fourth-order valence-corrected chi connectivity index (χ4v) is 1.01. The first-order valence-corrected chi connectivity index (χ1v) is 4.23. The van der Waals surface area contributed by atoms with E-state index in [1.165, 1.54) is 24.3 Å². The summed E-state index contributed by atoms with van der Waals surface area (Å²) in [4.78, 5) is 11.3. The smallest absolute Gasteiger partial charge is 0.387 e. The molecule has 0 fully saturated rings. The summed E-state index contributed by atoms with van der Waals surface area (Å²) in [6.45, 7) is -3.47. The Morgan fingerprint density at radius 3 is 2.75 bits per heavy atom. The fraction of sp³-hybridized carbons (Fsp3) is 0.200. The van der Waals surface area contributed by atoms with Crippen molar-refractivity contribution in [2.45, 2.75) is 6.61 Å². The summed E-state index contributed by atoms with van der Waals surface area (Å²) in [5.41, 5.74) is -0.141. The number of para-hydroxylation sites is 1. The number of rotatable bonds is 4. The number of benzene rings is 1. The molecule has 0 heterocycles. The van der Waals surface area contributed by atoms with Gasteiger partial charge in [0.15, 0.2) is 6.61 Å². The van der Waals surface area contributed by atoms with Gasteiger partial charge < -0.3 is 9.47 Å². The van der Waals surface area contributed by atoms with Crippen LogP contribution in [0.3, 0.4) is 0 Å². The molecule has 0 saturated carbocycles. The number of carbonyl (C=O) groups excluding carboxylic acids is 1. The van der Waals surface area contributed by atoms with Crippen molar-refractivity contribution >= 4 is 5.97 Å². The van der Waals surface area contributed by atoms with Crippen LogP contribution in [0.25, 0.3) is 0 Å². The third-order valence-electron chi connectivity index (χ3n) is 1.59. The van der Waals surface area contributed by atoms with E-state index in [1.807, 2.05) is 0 Å². The van der Waals surface area contributed by atoms with Gasteiger partial charge in [-0.05, 0) is 12.1 Å². The number of nitriles is 1. The molecule has 0 unspecified atom stereocenters. The van der Waals surface area contributed by atoms with Crippen LogP contribution < -0.4 is 4.74 Å². The molecule has 0 bridgehead atoms. The van der Waals surface area contributed by atoms with Gasteiger partial charge in [-0.1, -0.05) is 12.1 Å². The lowest BCUT2D eigenvalue weighted by atomic mass is 10.2. The summed E-state index contributed by atoms with van der Waals surface area (Å²) in [5, 5.41) is 8.20. The lowest BCUT2D eigenvalue weighted by Crippen LogP contribution is -2.10. The van der Waals surface area contributed by atoms with Gasteiger partial charge in [-0.3, -0.25) is 0 Å². The quantitative estimate of drug-likeness (QED) is 0.738. The number of alkyl halides is 2. The molecular formula is C10H7F2NO3. The van der Waals surface area contributed by atoms with E-state index in [4.69, 9.17) is 5.26 Å². The molecule has 0 atom stereocenters. The van der Waals surface area contributed by atoms with E-state index in [2.05, 4.69) is 9.47 Å². The standard InChI is InChI=1S/C10H7F2NO3/c11-10(12)16-8-4-2-1-3-7(8)9(14)15-6-5-13/h1-4,10H,6H2. The van der Waals surface area contributed by atoms with E-state index in [0.717, 1.165) is 0 Å². The number of hydrogen-bond donors (Lipinski definition) is 0. The van der Waals surface area contributed by atoms with Gasteiger partial charge in [0, 0.05) is 0 Å². The second-order valence-corrected chi connectivity index (χ2v) is 2.61. The molecule has 4 nitrogen and oxygen atoms in total. The van der Waals surface area contributed by atoms with Crippen LogP contribution in [0.5, 0.6) is 5.75 Å². The van der Waals surface area contributed by atoms with Gasteiger partial charge in [-0.2, -0.15) is 14.0 Å². The van der Waals surface area contributed by atoms with Crippen LogP contribution in [0.2, 0.25) is 0 Å². The number of hydrogen-bond acceptors (Lipinski definition) is 4. The fourth-order valence-electron chi connectivity index (χ4n) is 1.01.